The van der Waals surface area contributed by atoms with Crippen LogP contribution in [0.2, 0.25) is 0 Å². The molecule has 5 rings (SSSR count). The summed E-state index contributed by atoms with van der Waals surface area (Å²) in [5.74, 6) is -1.48. The first-order chi connectivity index (χ1) is 18.5. The van der Waals surface area contributed by atoms with Gasteiger partial charge >= 0.3 is 7.82 Å². The Morgan fingerprint density at radius 2 is 1.90 bits per heavy atom. The molecule has 15 nitrogen and oxygen atoms in total. The number of ether oxygens (including phenoxy) is 1. The molecule has 0 radical (unpaired) electrons. The van der Waals surface area contributed by atoms with Gasteiger partial charge in [-0.1, -0.05) is 6.07 Å². The van der Waals surface area contributed by atoms with Gasteiger partial charge in [-0.2, -0.15) is 20.0 Å². The summed E-state index contributed by atoms with van der Waals surface area (Å²) in [7, 11) is -4.90. The first-order valence-electron chi connectivity index (χ1n) is 11.2. The number of hydrogen-bond donors (Lipinski definition) is 4. The number of amides is 1. The fraction of sp³-hybridized carbons (Fsp3) is 0.182. The van der Waals surface area contributed by atoms with E-state index in [1.54, 1.807) is 36.7 Å². The van der Waals surface area contributed by atoms with Gasteiger partial charge in [0.2, 0.25) is 5.95 Å². The van der Waals surface area contributed by atoms with Gasteiger partial charge in [0.1, 0.15) is 12.5 Å². The molecular formula is C22H21FN9O6P. The second-order valence-corrected chi connectivity index (χ2v) is 9.86. The Kier molecular flexibility index (Phi) is 6.69. The predicted molar refractivity (Wildman–Crippen MR) is 134 cm³/mol. The maximum atomic E-state index is 14.6. The second-order valence-electron chi connectivity index (χ2n) is 8.62. The number of phosphoric acid groups is 1. The van der Waals surface area contributed by atoms with E-state index in [0.29, 0.717) is 11.4 Å². The van der Waals surface area contributed by atoms with Crippen LogP contribution in [0.3, 0.4) is 0 Å². The zero-order chi connectivity index (χ0) is 27.8. The van der Waals surface area contributed by atoms with Crippen molar-refractivity contribution in [3.05, 3.63) is 60.8 Å². The molecule has 4 heterocycles. The van der Waals surface area contributed by atoms with Crippen molar-refractivity contribution < 1.29 is 32.8 Å². The fourth-order valence-corrected chi connectivity index (χ4v) is 3.86. The van der Waals surface area contributed by atoms with Crippen LogP contribution >= 0.6 is 7.82 Å². The van der Waals surface area contributed by atoms with Crippen molar-refractivity contribution in [2.24, 2.45) is 0 Å². The van der Waals surface area contributed by atoms with Gasteiger partial charge in [0, 0.05) is 5.69 Å². The molecule has 1 aliphatic heterocycles. The number of hydrogen-bond acceptors (Lipinski definition) is 11. The minimum absolute atomic E-state index is 0.0568. The molecule has 3 aromatic heterocycles. The molecule has 39 heavy (non-hydrogen) atoms. The number of rotatable bonds is 8. The lowest BCUT2D eigenvalue weighted by Crippen LogP contribution is -2.53. The molecule has 0 atom stereocenters. The third-order valence-corrected chi connectivity index (χ3v) is 5.77. The van der Waals surface area contributed by atoms with E-state index in [4.69, 9.17) is 14.5 Å². The zero-order valence-electron chi connectivity index (χ0n) is 20.4. The lowest BCUT2D eigenvalue weighted by atomic mass is 10.1. The average Bonchev–Trinajstić information content (AvgIpc) is 3.41. The summed E-state index contributed by atoms with van der Waals surface area (Å²) in [5, 5.41) is 13.9. The summed E-state index contributed by atoms with van der Waals surface area (Å²) in [6, 6.07) is 10.0. The molecule has 4 N–H and O–H groups in total. The van der Waals surface area contributed by atoms with Crippen molar-refractivity contribution in [3.8, 4) is 11.4 Å². The number of aromatic nitrogens is 6. The van der Waals surface area contributed by atoms with E-state index in [-0.39, 0.29) is 29.2 Å². The highest BCUT2D eigenvalue weighted by Crippen LogP contribution is 2.41. The molecule has 1 aliphatic rings. The minimum Gasteiger partial charge on any atom is -0.474 e. The van der Waals surface area contributed by atoms with Crippen molar-refractivity contribution >= 4 is 42.8 Å². The van der Waals surface area contributed by atoms with Gasteiger partial charge < -0.3 is 25.2 Å². The first-order valence-corrected chi connectivity index (χ1v) is 12.8. The van der Waals surface area contributed by atoms with Gasteiger partial charge in [-0.25, -0.2) is 18.9 Å². The number of carbonyl (C=O) groups excluding carboxylic acids is 1. The Balaban J connectivity index is 1.40. The molecule has 0 fully saturated rings. The van der Waals surface area contributed by atoms with Crippen molar-refractivity contribution in [1.29, 1.82) is 0 Å². The lowest BCUT2D eigenvalue weighted by Gasteiger charge is -2.37. The summed E-state index contributed by atoms with van der Waals surface area (Å²) < 4.78 is 36.1. The number of fused-ring (bicyclic) bond motifs is 1. The molecule has 0 unspecified atom stereocenters. The van der Waals surface area contributed by atoms with Crippen LogP contribution < -0.4 is 20.3 Å². The van der Waals surface area contributed by atoms with Gasteiger partial charge in [-0.3, -0.25) is 14.2 Å². The third kappa shape index (κ3) is 5.83. The summed E-state index contributed by atoms with van der Waals surface area (Å²) in [6.07, 6.45) is 4.05. The number of halogens is 1. The van der Waals surface area contributed by atoms with Crippen molar-refractivity contribution in [2.75, 3.05) is 22.3 Å². The van der Waals surface area contributed by atoms with Gasteiger partial charge in [0.05, 0.1) is 24.3 Å². The summed E-state index contributed by atoms with van der Waals surface area (Å²) >= 11 is 0. The van der Waals surface area contributed by atoms with E-state index in [1.165, 1.54) is 30.8 Å². The molecule has 202 valence electrons. The van der Waals surface area contributed by atoms with E-state index >= 15 is 0 Å². The van der Waals surface area contributed by atoms with Crippen molar-refractivity contribution in [2.45, 2.75) is 19.4 Å². The van der Waals surface area contributed by atoms with Crippen molar-refractivity contribution in [1.82, 2.24) is 29.9 Å². The monoisotopic (exact) mass is 557 g/mol. The standard InChI is InChI=1S/C22H21FN9O6P/c1-22(2)20(33)31(12-37-39(34,35)36)19-16(38-22)6-7-17(29-19)28-18-15(23)11-24-21(30-18)27-13-4-3-5-14(10-13)32-25-8-9-26-32/h3-11H,12H2,1-2H3,(H2,34,35,36)(H2,24,27,28,29,30). The SMILES string of the molecule is CC1(C)Oc2ccc(Nc3nc(Nc4cccc(-n5nccn5)c4)ncc3F)nc2N(COP(=O)(O)O)C1=O. The van der Waals surface area contributed by atoms with Crippen LogP contribution in [0.4, 0.5) is 33.5 Å². The van der Waals surface area contributed by atoms with Gasteiger partial charge in [-0.05, 0) is 44.2 Å². The van der Waals surface area contributed by atoms with Crippen LogP contribution in [0, 0.1) is 5.82 Å². The maximum Gasteiger partial charge on any atom is 0.471 e. The molecule has 4 aromatic rings. The number of nitrogens with one attached hydrogen (secondary N) is 2. The smallest absolute Gasteiger partial charge is 0.471 e. The van der Waals surface area contributed by atoms with Crippen LogP contribution in [0.1, 0.15) is 13.8 Å². The van der Waals surface area contributed by atoms with Crippen LogP contribution in [-0.2, 0) is 13.9 Å². The molecule has 0 aliphatic carbocycles. The average molecular weight is 557 g/mol. The van der Waals surface area contributed by atoms with E-state index < -0.39 is 31.9 Å². The topological polar surface area (TPSA) is 190 Å². The summed E-state index contributed by atoms with van der Waals surface area (Å²) in [5.41, 5.74) is -0.0874. The lowest BCUT2D eigenvalue weighted by molar-refractivity contribution is -0.133. The summed E-state index contributed by atoms with van der Waals surface area (Å²) in [6.45, 7) is 2.18. The Morgan fingerprint density at radius 3 is 2.64 bits per heavy atom. The molecule has 1 aromatic carbocycles. The van der Waals surface area contributed by atoms with Crippen LogP contribution in [0.5, 0.6) is 5.75 Å². The molecule has 0 spiro atoms. The van der Waals surface area contributed by atoms with E-state index in [9.17, 15) is 13.8 Å². The number of benzene rings is 1. The molecular weight excluding hydrogens is 536 g/mol. The molecule has 1 amide bonds. The Morgan fingerprint density at radius 1 is 1.13 bits per heavy atom. The minimum atomic E-state index is -4.90. The van der Waals surface area contributed by atoms with Gasteiger partial charge in [-0.15, -0.1) is 0 Å². The number of carbonyl (C=O) groups is 1. The molecule has 0 saturated carbocycles. The zero-order valence-corrected chi connectivity index (χ0v) is 21.3. The fourth-order valence-electron chi connectivity index (χ4n) is 3.59. The van der Waals surface area contributed by atoms with Crippen molar-refractivity contribution in [3.63, 3.8) is 0 Å². The number of pyridine rings is 1. The highest BCUT2D eigenvalue weighted by molar-refractivity contribution is 7.46. The first kappa shape index (κ1) is 26.1. The normalized spacial score (nSPS) is 14.5. The Hall–Kier alpha value is -4.50. The van der Waals surface area contributed by atoms with Gasteiger partial charge in [0.25, 0.3) is 5.91 Å². The number of anilines is 5. The third-order valence-electron chi connectivity index (χ3n) is 5.32. The highest BCUT2D eigenvalue weighted by Gasteiger charge is 2.42. The highest BCUT2D eigenvalue weighted by atomic mass is 31.2. The number of nitrogens with zero attached hydrogens (tertiary/aromatic N) is 7. The molecule has 17 heteroatoms. The largest absolute Gasteiger partial charge is 0.474 e. The van der Waals surface area contributed by atoms with Gasteiger partial charge in [0.15, 0.2) is 28.8 Å². The van der Waals surface area contributed by atoms with Crippen LogP contribution in [0.25, 0.3) is 5.69 Å². The van der Waals surface area contributed by atoms with Crippen LogP contribution in [-0.4, -0.2) is 58.0 Å². The van der Waals surface area contributed by atoms with E-state index in [2.05, 4.69) is 40.3 Å². The quantitative estimate of drug-likeness (QED) is 0.232. The molecule has 0 bridgehead atoms. The Labute approximate surface area is 219 Å². The predicted octanol–water partition coefficient (Wildman–Crippen LogP) is 2.65. The second kappa shape index (κ2) is 9.99. The van der Waals surface area contributed by atoms with E-state index in [0.717, 1.165) is 11.1 Å². The number of phosphoric ester groups is 1. The Bertz CT molecular complexity index is 1580. The van der Waals surface area contributed by atoms with Crippen LogP contribution in [0.15, 0.2) is 55.0 Å². The maximum absolute atomic E-state index is 14.6. The van der Waals surface area contributed by atoms with E-state index in [1.807, 2.05) is 0 Å². The molecule has 0 saturated heterocycles. The summed E-state index contributed by atoms with van der Waals surface area (Å²) in [4.78, 5) is 45.8.